The zero-order valence-corrected chi connectivity index (χ0v) is 13.0. The molecule has 0 aromatic heterocycles. The molecule has 0 bridgehead atoms. The summed E-state index contributed by atoms with van der Waals surface area (Å²) >= 11 is 5.78. The lowest BCUT2D eigenvalue weighted by Gasteiger charge is -2.32. The molecule has 0 spiro atoms. The lowest BCUT2D eigenvalue weighted by Crippen LogP contribution is -2.41. The maximum Gasteiger partial charge on any atom is 0.149 e. The van der Waals surface area contributed by atoms with Crippen LogP contribution in [0.3, 0.4) is 0 Å². The van der Waals surface area contributed by atoms with E-state index in [1.165, 1.54) is 0 Å². The van der Waals surface area contributed by atoms with Crippen LogP contribution in [0.5, 0.6) is 5.75 Å². The molecule has 1 aliphatic rings. The number of likely N-dealkylation sites (tertiary alicyclic amines) is 1. The number of hydrogen-bond acceptors (Lipinski definition) is 3. The van der Waals surface area contributed by atoms with Gasteiger partial charge in [-0.1, -0.05) is 23.4 Å². The quantitative estimate of drug-likeness (QED) is 0.852. The molecule has 1 aromatic rings. The number of benzene rings is 1. The third-order valence-corrected chi connectivity index (χ3v) is 3.51. The molecule has 110 valence electrons. The molecule has 0 aliphatic carbocycles. The predicted molar refractivity (Wildman–Crippen MR) is 83.7 cm³/mol. The SMILES string of the molecule is CN1CCC(O)(C#CCOc2ccc(Cl)cc2)CC1.Cl. The predicted octanol–water partition coefficient (Wildman–Crippen LogP) is 2.60. The van der Waals surface area contributed by atoms with E-state index in [0.29, 0.717) is 17.9 Å². The molecule has 20 heavy (non-hydrogen) atoms. The summed E-state index contributed by atoms with van der Waals surface area (Å²) in [5.41, 5.74) is -0.851. The van der Waals surface area contributed by atoms with E-state index in [4.69, 9.17) is 16.3 Å². The first-order valence-electron chi connectivity index (χ1n) is 6.37. The molecule has 0 unspecified atom stereocenters. The molecule has 1 fully saturated rings. The summed E-state index contributed by atoms with van der Waals surface area (Å²) in [6.07, 6.45) is 1.38. The summed E-state index contributed by atoms with van der Waals surface area (Å²) in [5, 5.41) is 10.9. The normalized spacial score (nSPS) is 17.6. The highest BCUT2D eigenvalue weighted by Gasteiger charge is 2.28. The summed E-state index contributed by atoms with van der Waals surface area (Å²) in [5.74, 6) is 6.56. The zero-order chi connectivity index (χ0) is 13.7. The Hall–Kier alpha value is -0.920. The second kappa shape index (κ2) is 7.75. The van der Waals surface area contributed by atoms with Crippen LogP contribution in [0.2, 0.25) is 5.02 Å². The maximum atomic E-state index is 10.2. The summed E-state index contributed by atoms with van der Waals surface area (Å²) in [4.78, 5) is 2.19. The Bertz CT molecular complexity index is 471. The lowest BCUT2D eigenvalue weighted by atomic mass is 9.92. The summed E-state index contributed by atoms with van der Waals surface area (Å²) < 4.78 is 5.46. The van der Waals surface area contributed by atoms with E-state index in [-0.39, 0.29) is 19.0 Å². The first-order valence-corrected chi connectivity index (χ1v) is 6.75. The molecule has 0 atom stereocenters. The van der Waals surface area contributed by atoms with Crippen molar-refractivity contribution in [2.75, 3.05) is 26.7 Å². The van der Waals surface area contributed by atoms with Crippen molar-refractivity contribution in [1.29, 1.82) is 0 Å². The van der Waals surface area contributed by atoms with Gasteiger partial charge in [0.15, 0.2) is 0 Å². The molecule has 2 rings (SSSR count). The Morgan fingerprint density at radius 2 is 1.90 bits per heavy atom. The van der Waals surface area contributed by atoms with Crippen LogP contribution in [-0.2, 0) is 0 Å². The summed E-state index contributed by atoms with van der Waals surface area (Å²) in [6, 6.07) is 7.15. The molecule has 1 N–H and O–H groups in total. The maximum absolute atomic E-state index is 10.2. The number of aliphatic hydroxyl groups is 1. The van der Waals surface area contributed by atoms with Gasteiger partial charge >= 0.3 is 0 Å². The van der Waals surface area contributed by atoms with Gasteiger partial charge in [-0.25, -0.2) is 0 Å². The Labute approximate surface area is 131 Å². The molecule has 5 heteroatoms. The highest BCUT2D eigenvalue weighted by atomic mass is 35.5. The average Bonchev–Trinajstić information content (AvgIpc) is 2.41. The van der Waals surface area contributed by atoms with E-state index in [9.17, 15) is 5.11 Å². The van der Waals surface area contributed by atoms with Crippen molar-refractivity contribution in [2.45, 2.75) is 18.4 Å². The van der Waals surface area contributed by atoms with Gasteiger partial charge in [-0.2, -0.15) is 0 Å². The fraction of sp³-hybridized carbons (Fsp3) is 0.467. The largest absolute Gasteiger partial charge is 0.481 e. The van der Waals surface area contributed by atoms with E-state index >= 15 is 0 Å². The molecule has 3 nitrogen and oxygen atoms in total. The Morgan fingerprint density at radius 3 is 2.50 bits per heavy atom. The van der Waals surface area contributed by atoms with Gasteiger partial charge in [-0.15, -0.1) is 12.4 Å². The van der Waals surface area contributed by atoms with Gasteiger partial charge in [0, 0.05) is 31.0 Å². The lowest BCUT2D eigenvalue weighted by molar-refractivity contribution is 0.0348. The van der Waals surface area contributed by atoms with Gasteiger partial charge in [0.25, 0.3) is 0 Å². The van der Waals surface area contributed by atoms with Crippen molar-refractivity contribution in [3.63, 3.8) is 0 Å². The van der Waals surface area contributed by atoms with E-state index in [2.05, 4.69) is 23.8 Å². The van der Waals surface area contributed by atoms with Crippen LogP contribution in [0.25, 0.3) is 0 Å². The molecule has 0 saturated carbocycles. The van der Waals surface area contributed by atoms with Gasteiger partial charge in [-0.05, 0) is 31.3 Å². The third-order valence-electron chi connectivity index (χ3n) is 3.26. The first kappa shape index (κ1) is 17.1. The minimum Gasteiger partial charge on any atom is -0.481 e. The molecule has 1 aromatic carbocycles. The molecule has 0 amide bonds. The van der Waals surface area contributed by atoms with Crippen LogP contribution in [0.15, 0.2) is 24.3 Å². The van der Waals surface area contributed by atoms with Crippen molar-refractivity contribution in [3.05, 3.63) is 29.3 Å². The van der Waals surface area contributed by atoms with Gasteiger partial charge in [0.05, 0.1) is 0 Å². The average molecular weight is 316 g/mol. The zero-order valence-electron chi connectivity index (χ0n) is 11.4. The van der Waals surface area contributed by atoms with Crippen molar-refractivity contribution in [2.24, 2.45) is 0 Å². The summed E-state index contributed by atoms with van der Waals surface area (Å²) in [6.45, 7) is 2.03. The molecular weight excluding hydrogens is 297 g/mol. The van der Waals surface area contributed by atoms with Crippen molar-refractivity contribution >= 4 is 24.0 Å². The molecule has 0 radical (unpaired) electrons. The van der Waals surface area contributed by atoms with E-state index < -0.39 is 5.60 Å². The molecule has 1 saturated heterocycles. The van der Waals surface area contributed by atoms with Gasteiger partial charge in [-0.3, -0.25) is 0 Å². The van der Waals surface area contributed by atoms with Crippen LogP contribution in [0, 0.1) is 11.8 Å². The van der Waals surface area contributed by atoms with Crippen molar-refractivity contribution in [1.82, 2.24) is 4.90 Å². The molecule has 1 aliphatic heterocycles. The highest BCUT2D eigenvalue weighted by molar-refractivity contribution is 6.30. The number of piperidine rings is 1. The fourth-order valence-corrected chi connectivity index (χ4v) is 2.09. The number of rotatable bonds is 2. The van der Waals surface area contributed by atoms with Gasteiger partial charge in [0.2, 0.25) is 0 Å². The second-order valence-electron chi connectivity index (χ2n) is 4.88. The minimum atomic E-state index is -0.851. The number of halogens is 2. The minimum absolute atomic E-state index is 0. The van der Waals surface area contributed by atoms with E-state index in [1.54, 1.807) is 24.3 Å². The van der Waals surface area contributed by atoms with Gasteiger partial charge in [0.1, 0.15) is 18.0 Å². The standard InChI is InChI=1S/C15H18ClNO2.ClH/c1-17-10-8-15(18,9-11-17)7-2-12-19-14-5-3-13(16)4-6-14;/h3-6,18H,8-12H2,1H3;1H. The third kappa shape index (κ3) is 5.22. The monoisotopic (exact) mass is 315 g/mol. The van der Waals surface area contributed by atoms with Crippen LogP contribution >= 0.6 is 24.0 Å². The molecule has 1 heterocycles. The molecular formula is C15H19Cl2NO2. The Morgan fingerprint density at radius 1 is 1.30 bits per heavy atom. The number of ether oxygens (including phenoxy) is 1. The smallest absolute Gasteiger partial charge is 0.149 e. The van der Waals surface area contributed by atoms with E-state index in [1.807, 2.05) is 0 Å². The van der Waals surface area contributed by atoms with Gasteiger partial charge < -0.3 is 14.7 Å². The van der Waals surface area contributed by atoms with Crippen LogP contribution < -0.4 is 4.74 Å². The van der Waals surface area contributed by atoms with Crippen LogP contribution in [-0.4, -0.2) is 42.4 Å². The Balaban J connectivity index is 0.00000200. The second-order valence-corrected chi connectivity index (χ2v) is 5.32. The van der Waals surface area contributed by atoms with E-state index in [0.717, 1.165) is 18.8 Å². The van der Waals surface area contributed by atoms with Crippen LogP contribution in [0.4, 0.5) is 0 Å². The number of hydrogen-bond donors (Lipinski definition) is 1. The first-order chi connectivity index (χ1) is 9.07. The Kier molecular flexibility index (Phi) is 6.64. The van der Waals surface area contributed by atoms with Crippen molar-refractivity contribution in [3.8, 4) is 17.6 Å². The topological polar surface area (TPSA) is 32.7 Å². The fourth-order valence-electron chi connectivity index (χ4n) is 1.96. The number of nitrogens with zero attached hydrogens (tertiary/aromatic N) is 1. The van der Waals surface area contributed by atoms with Crippen molar-refractivity contribution < 1.29 is 9.84 Å². The summed E-state index contributed by atoms with van der Waals surface area (Å²) in [7, 11) is 2.05. The highest BCUT2D eigenvalue weighted by Crippen LogP contribution is 2.20. The van der Waals surface area contributed by atoms with Crippen LogP contribution in [0.1, 0.15) is 12.8 Å².